The average molecular weight is 333 g/mol. The van der Waals surface area contributed by atoms with Crippen LogP contribution in [0.15, 0.2) is 78.9 Å². The smallest absolute Gasteiger partial charge is 0.122 e. The van der Waals surface area contributed by atoms with Gasteiger partial charge in [-0.15, -0.1) is 0 Å². The zero-order chi connectivity index (χ0) is 17.6. The Bertz CT molecular complexity index is 803. The van der Waals surface area contributed by atoms with Crippen LogP contribution in [0.1, 0.15) is 34.4 Å². The number of nitrogens with one attached hydrogen (secondary N) is 1. The Kier molecular flexibility index (Phi) is 5.49. The van der Waals surface area contributed by atoms with Crippen LogP contribution in [-0.4, -0.2) is 10.2 Å². The Balaban J connectivity index is 1.86. The van der Waals surface area contributed by atoms with Crippen molar-refractivity contribution in [3.8, 4) is 5.75 Å². The molecular weight excluding hydrogens is 310 g/mol. The summed E-state index contributed by atoms with van der Waals surface area (Å²) in [5, 5.41) is 24.6. The van der Waals surface area contributed by atoms with E-state index in [4.69, 9.17) is 0 Å². The van der Waals surface area contributed by atoms with Crippen molar-refractivity contribution in [2.24, 2.45) is 0 Å². The Morgan fingerprint density at radius 2 is 1.40 bits per heavy atom. The largest absolute Gasteiger partial charge is 0.507 e. The van der Waals surface area contributed by atoms with E-state index in [1.807, 2.05) is 85.8 Å². The van der Waals surface area contributed by atoms with Crippen LogP contribution in [0, 0.1) is 6.92 Å². The molecule has 0 aliphatic rings. The molecule has 3 aromatic carbocycles. The van der Waals surface area contributed by atoms with Crippen LogP contribution in [0.2, 0.25) is 0 Å². The molecule has 3 aromatic rings. The van der Waals surface area contributed by atoms with Crippen molar-refractivity contribution in [2.45, 2.75) is 25.6 Å². The first kappa shape index (κ1) is 17.2. The van der Waals surface area contributed by atoms with E-state index < -0.39 is 6.10 Å². The molecule has 0 heterocycles. The SMILES string of the molecule is Cc1cccc(CN[C@@H](c2ccccc2)[C@H](O)c2ccccc2)c1O. The lowest BCUT2D eigenvalue weighted by atomic mass is 9.95. The number of aliphatic hydroxyl groups is 1. The molecule has 3 heteroatoms. The fourth-order valence-electron chi connectivity index (χ4n) is 3.00. The lowest BCUT2D eigenvalue weighted by Gasteiger charge is -2.25. The Morgan fingerprint density at radius 1 is 0.800 bits per heavy atom. The third kappa shape index (κ3) is 4.08. The van der Waals surface area contributed by atoms with E-state index in [2.05, 4.69) is 5.32 Å². The molecule has 3 rings (SSSR count). The number of hydrogen-bond donors (Lipinski definition) is 3. The molecule has 128 valence electrons. The number of phenolic OH excluding ortho intramolecular Hbond substituents is 1. The highest BCUT2D eigenvalue weighted by Crippen LogP contribution is 2.30. The highest BCUT2D eigenvalue weighted by molar-refractivity contribution is 5.39. The second-order valence-electron chi connectivity index (χ2n) is 6.21. The van der Waals surface area contributed by atoms with Gasteiger partial charge >= 0.3 is 0 Å². The monoisotopic (exact) mass is 333 g/mol. The molecule has 0 spiro atoms. The van der Waals surface area contributed by atoms with Gasteiger partial charge in [0.15, 0.2) is 0 Å². The van der Waals surface area contributed by atoms with Gasteiger partial charge in [0.25, 0.3) is 0 Å². The van der Waals surface area contributed by atoms with Crippen LogP contribution in [0.3, 0.4) is 0 Å². The van der Waals surface area contributed by atoms with Crippen molar-refractivity contribution in [1.82, 2.24) is 5.32 Å². The van der Waals surface area contributed by atoms with Gasteiger partial charge in [-0.3, -0.25) is 0 Å². The number of phenols is 1. The maximum absolute atomic E-state index is 10.9. The molecule has 0 aromatic heterocycles. The first-order valence-electron chi connectivity index (χ1n) is 8.45. The Labute approximate surface area is 148 Å². The summed E-state index contributed by atoms with van der Waals surface area (Å²) in [5.41, 5.74) is 3.53. The van der Waals surface area contributed by atoms with Crippen molar-refractivity contribution in [3.63, 3.8) is 0 Å². The van der Waals surface area contributed by atoms with Crippen molar-refractivity contribution >= 4 is 0 Å². The molecule has 3 nitrogen and oxygen atoms in total. The van der Waals surface area contributed by atoms with Crippen molar-refractivity contribution in [1.29, 1.82) is 0 Å². The van der Waals surface area contributed by atoms with Gasteiger partial charge in [0.2, 0.25) is 0 Å². The molecule has 0 unspecified atom stereocenters. The highest BCUT2D eigenvalue weighted by Gasteiger charge is 2.22. The van der Waals surface area contributed by atoms with E-state index in [0.717, 1.165) is 22.3 Å². The van der Waals surface area contributed by atoms with Gasteiger partial charge in [0.1, 0.15) is 5.75 Å². The topological polar surface area (TPSA) is 52.5 Å². The zero-order valence-electron chi connectivity index (χ0n) is 14.3. The van der Waals surface area contributed by atoms with Gasteiger partial charge in [0, 0.05) is 12.1 Å². The Morgan fingerprint density at radius 3 is 2.04 bits per heavy atom. The molecule has 0 radical (unpaired) electrons. The first-order valence-corrected chi connectivity index (χ1v) is 8.45. The minimum atomic E-state index is -0.685. The molecule has 0 saturated heterocycles. The predicted molar refractivity (Wildman–Crippen MR) is 100 cm³/mol. The van der Waals surface area contributed by atoms with E-state index in [1.165, 1.54) is 0 Å². The van der Waals surface area contributed by atoms with Crippen molar-refractivity contribution < 1.29 is 10.2 Å². The summed E-state index contributed by atoms with van der Waals surface area (Å²) in [4.78, 5) is 0. The molecule has 0 aliphatic heterocycles. The lowest BCUT2D eigenvalue weighted by Crippen LogP contribution is -2.27. The molecule has 25 heavy (non-hydrogen) atoms. The molecule has 0 bridgehead atoms. The van der Waals surface area contributed by atoms with Crippen LogP contribution in [0.4, 0.5) is 0 Å². The second kappa shape index (κ2) is 7.97. The summed E-state index contributed by atoms with van der Waals surface area (Å²) in [5.74, 6) is 0.302. The van der Waals surface area contributed by atoms with Gasteiger partial charge in [-0.05, 0) is 23.6 Å². The van der Waals surface area contributed by atoms with Crippen LogP contribution in [0.25, 0.3) is 0 Å². The van der Waals surface area contributed by atoms with Gasteiger partial charge < -0.3 is 15.5 Å². The third-order valence-electron chi connectivity index (χ3n) is 4.45. The van der Waals surface area contributed by atoms with Gasteiger partial charge in [-0.1, -0.05) is 78.9 Å². The second-order valence-corrected chi connectivity index (χ2v) is 6.21. The molecular formula is C22H23NO2. The quantitative estimate of drug-likeness (QED) is 0.631. The van der Waals surface area contributed by atoms with Crippen LogP contribution >= 0.6 is 0 Å². The van der Waals surface area contributed by atoms with Crippen LogP contribution in [0.5, 0.6) is 5.75 Å². The maximum Gasteiger partial charge on any atom is 0.122 e. The number of benzene rings is 3. The number of aliphatic hydroxyl groups excluding tert-OH is 1. The van der Waals surface area contributed by atoms with Gasteiger partial charge in [0.05, 0.1) is 12.1 Å². The van der Waals surface area contributed by atoms with Crippen LogP contribution < -0.4 is 5.32 Å². The summed E-state index contributed by atoms with van der Waals surface area (Å²) < 4.78 is 0. The number of aromatic hydroxyl groups is 1. The minimum absolute atomic E-state index is 0.275. The van der Waals surface area contributed by atoms with E-state index in [9.17, 15) is 10.2 Å². The Hall–Kier alpha value is -2.62. The van der Waals surface area contributed by atoms with E-state index in [-0.39, 0.29) is 6.04 Å². The van der Waals surface area contributed by atoms with E-state index in [1.54, 1.807) is 0 Å². The number of rotatable bonds is 6. The maximum atomic E-state index is 10.9. The molecule has 0 aliphatic carbocycles. The highest BCUT2D eigenvalue weighted by atomic mass is 16.3. The molecule has 3 N–H and O–H groups in total. The summed E-state index contributed by atoms with van der Waals surface area (Å²) in [7, 11) is 0. The summed E-state index contributed by atoms with van der Waals surface area (Å²) >= 11 is 0. The molecule has 0 saturated carbocycles. The zero-order valence-corrected chi connectivity index (χ0v) is 14.3. The number of hydrogen-bond acceptors (Lipinski definition) is 3. The average Bonchev–Trinajstić information content (AvgIpc) is 2.66. The molecule has 0 fully saturated rings. The molecule has 2 atom stereocenters. The fraction of sp³-hybridized carbons (Fsp3) is 0.182. The third-order valence-corrected chi connectivity index (χ3v) is 4.45. The summed E-state index contributed by atoms with van der Waals surface area (Å²) in [6.07, 6.45) is -0.685. The fourth-order valence-corrected chi connectivity index (χ4v) is 3.00. The summed E-state index contributed by atoms with van der Waals surface area (Å²) in [6.45, 7) is 2.35. The first-order chi connectivity index (χ1) is 12.2. The standard InChI is InChI=1S/C22H23NO2/c1-16-9-8-14-19(21(16)24)15-23-20(17-10-4-2-5-11-17)22(25)18-12-6-3-7-13-18/h2-14,20,22-25H,15H2,1H3/t20-,22+/m0/s1. The van der Waals surface area contributed by atoms with E-state index in [0.29, 0.717) is 12.3 Å². The normalized spacial score (nSPS) is 13.4. The minimum Gasteiger partial charge on any atom is -0.507 e. The molecule has 0 amide bonds. The van der Waals surface area contributed by atoms with Gasteiger partial charge in [-0.25, -0.2) is 0 Å². The van der Waals surface area contributed by atoms with Crippen molar-refractivity contribution in [3.05, 3.63) is 101 Å². The van der Waals surface area contributed by atoms with E-state index >= 15 is 0 Å². The van der Waals surface area contributed by atoms with Crippen LogP contribution in [-0.2, 0) is 6.54 Å². The predicted octanol–water partition coefficient (Wildman–Crippen LogP) is 4.27. The lowest BCUT2D eigenvalue weighted by molar-refractivity contribution is 0.127. The number of para-hydroxylation sites is 1. The van der Waals surface area contributed by atoms with Gasteiger partial charge in [-0.2, -0.15) is 0 Å². The summed E-state index contributed by atoms with van der Waals surface area (Å²) in [6, 6.07) is 24.9. The number of aryl methyl sites for hydroxylation is 1. The van der Waals surface area contributed by atoms with Crippen molar-refractivity contribution in [2.75, 3.05) is 0 Å².